The van der Waals surface area contributed by atoms with Crippen molar-refractivity contribution >= 4 is 37.6 Å². The van der Waals surface area contributed by atoms with Crippen LogP contribution < -0.4 is 9.47 Å². The first-order valence-corrected chi connectivity index (χ1v) is 10.3. The lowest BCUT2D eigenvalue weighted by Crippen LogP contribution is -2.40. The molecule has 2 atom stereocenters. The molecule has 0 bridgehead atoms. The highest BCUT2D eigenvalue weighted by Crippen LogP contribution is 2.47. The molecule has 2 aromatic rings. The van der Waals surface area contributed by atoms with Crippen molar-refractivity contribution in [2.75, 3.05) is 7.11 Å². The summed E-state index contributed by atoms with van der Waals surface area (Å²) in [5.41, 5.74) is 3.39. The Bertz CT molecular complexity index is 852. The van der Waals surface area contributed by atoms with Crippen LogP contribution >= 0.6 is 31.9 Å². The van der Waals surface area contributed by atoms with Crippen molar-refractivity contribution in [3.8, 4) is 11.5 Å². The zero-order valence-corrected chi connectivity index (χ0v) is 17.9. The summed E-state index contributed by atoms with van der Waals surface area (Å²) in [6, 6.07) is 12.5. The number of halogens is 2. The van der Waals surface area contributed by atoms with Crippen molar-refractivity contribution in [3.05, 3.63) is 56.5 Å². The van der Waals surface area contributed by atoms with E-state index in [0.29, 0.717) is 0 Å². The molecule has 136 valence electrons. The average molecular weight is 480 g/mol. The Labute approximate surface area is 170 Å². The predicted octanol–water partition coefficient (Wildman–Crippen LogP) is 5.89. The van der Waals surface area contributed by atoms with Crippen LogP contribution in [0.15, 0.2) is 50.4 Å². The molecule has 2 aromatic carbocycles. The molecule has 0 fully saturated rings. The number of methoxy groups -OCH3 is 1. The molecule has 0 unspecified atom stereocenters. The van der Waals surface area contributed by atoms with Crippen LogP contribution in [0.4, 0.5) is 0 Å². The predicted molar refractivity (Wildman–Crippen MR) is 110 cm³/mol. The maximum absolute atomic E-state index is 6.32. The average Bonchev–Trinajstić information content (AvgIpc) is 3.09. The number of nitrogens with zero attached hydrogens (tertiary/aromatic N) is 2. The van der Waals surface area contributed by atoms with Gasteiger partial charge in [-0.25, -0.2) is 0 Å². The minimum atomic E-state index is -0.0364. The van der Waals surface area contributed by atoms with Gasteiger partial charge in [0.25, 0.3) is 0 Å². The van der Waals surface area contributed by atoms with Crippen molar-refractivity contribution in [1.29, 1.82) is 0 Å². The van der Waals surface area contributed by atoms with Gasteiger partial charge < -0.3 is 9.47 Å². The van der Waals surface area contributed by atoms with Gasteiger partial charge in [-0.15, -0.1) is 0 Å². The zero-order chi connectivity index (χ0) is 18.3. The number of rotatable bonds is 4. The van der Waals surface area contributed by atoms with Gasteiger partial charge in [0.1, 0.15) is 11.5 Å². The van der Waals surface area contributed by atoms with E-state index >= 15 is 0 Å². The molecule has 26 heavy (non-hydrogen) atoms. The van der Waals surface area contributed by atoms with Gasteiger partial charge in [0, 0.05) is 22.9 Å². The summed E-state index contributed by atoms with van der Waals surface area (Å²) in [7, 11) is 1.68. The molecule has 0 aliphatic carbocycles. The lowest BCUT2D eigenvalue weighted by molar-refractivity contribution is -0.0229. The van der Waals surface area contributed by atoms with E-state index in [0.717, 1.165) is 51.0 Å². The quantitative estimate of drug-likeness (QED) is 0.548. The summed E-state index contributed by atoms with van der Waals surface area (Å²) < 4.78 is 13.6. The Morgan fingerprint density at radius 3 is 2.69 bits per heavy atom. The summed E-state index contributed by atoms with van der Waals surface area (Å²) in [6.07, 6.45) is 2.82. The first kappa shape index (κ1) is 17.9. The molecule has 0 aromatic heterocycles. The largest absolute Gasteiger partial charge is 0.497 e. The van der Waals surface area contributed by atoms with Gasteiger partial charge in [0.05, 0.1) is 23.3 Å². The first-order chi connectivity index (χ1) is 12.6. The van der Waals surface area contributed by atoms with Crippen LogP contribution in [-0.4, -0.2) is 24.1 Å². The normalized spacial score (nSPS) is 20.9. The van der Waals surface area contributed by atoms with Gasteiger partial charge in [-0.05, 0) is 57.9 Å². The van der Waals surface area contributed by atoms with E-state index in [2.05, 4.69) is 62.0 Å². The molecule has 0 amide bonds. The maximum atomic E-state index is 6.32. The fraction of sp³-hybridized carbons (Fsp3) is 0.350. The van der Waals surface area contributed by atoms with E-state index < -0.39 is 0 Å². The SMILES string of the molecule is CCC[C@@H]1Oc2c(Br)cc(Br)cc2[C@H]2CC(c3ccc(OC)cc3)=NN12. The van der Waals surface area contributed by atoms with Gasteiger partial charge >= 0.3 is 0 Å². The molecule has 6 heteroatoms. The number of fused-ring (bicyclic) bond motifs is 3. The highest BCUT2D eigenvalue weighted by molar-refractivity contribution is 9.11. The van der Waals surface area contributed by atoms with Crippen molar-refractivity contribution in [3.63, 3.8) is 0 Å². The zero-order valence-electron chi connectivity index (χ0n) is 14.7. The van der Waals surface area contributed by atoms with Gasteiger partial charge in [-0.1, -0.05) is 29.3 Å². The van der Waals surface area contributed by atoms with Crippen LogP contribution in [-0.2, 0) is 0 Å². The number of benzene rings is 2. The standard InChI is InChI=1S/C20H20Br2N2O2/c1-3-4-19-24-18(15-9-13(21)10-16(22)20(15)26-19)11-17(23-24)12-5-7-14(25-2)8-6-12/h5-10,18-19H,3-4,11H2,1-2H3/t18-,19+/m1/s1. The van der Waals surface area contributed by atoms with Crippen LogP contribution in [0.3, 0.4) is 0 Å². The van der Waals surface area contributed by atoms with Gasteiger partial charge in [0.15, 0.2) is 6.23 Å². The molecule has 0 radical (unpaired) electrons. The topological polar surface area (TPSA) is 34.1 Å². The highest BCUT2D eigenvalue weighted by atomic mass is 79.9. The minimum Gasteiger partial charge on any atom is -0.497 e. The van der Waals surface area contributed by atoms with Gasteiger partial charge in [-0.3, -0.25) is 5.01 Å². The van der Waals surface area contributed by atoms with Crippen LogP contribution in [0.1, 0.15) is 43.4 Å². The summed E-state index contributed by atoms with van der Waals surface area (Å²) >= 11 is 7.26. The second kappa shape index (κ2) is 7.24. The van der Waals surface area contributed by atoms with E-state index in [4.69, 9.17) is 14.6 Å². The molecule has 4 rings (SSSR count). The van der Waals surface area contributed by atoms with Crippen LogP contribution in [0, 0.1) is 0 Å². The monoisotopic (exact) mass is 478 g/mol. The third kappa shape index (κ3) is 3.14. The third-order valence-electron chi connectivity index (χ3n) is 4.85. The molecule has 4 nitrogen and oxygen atoms in total. The molecule has 0 saturated carbocycles. The van der Waals surface area contributed by atoms with Crippen LogP contribution in [0.2, 0.25) is 0 Å². The Morgan fingerprint density at radius 2 is 2.00 bits per heavy atom. The lowest BCUT2D eigenvalue weighted by atomic mass is 9.96. The second-order valence-corrected chi connectivity index (χ2v) is 8.31. The molecule has 0 N–H and O–H groups in total. The summed E-state index contributed by atoms with van der Waals surface area (Å²) in [5, 5.41) is 7.09. The van der Waals surface area contributed by atoms with E-state index in [9.17, 15) is 0 Å². The van der Waals surface area contributed by atoms with Crippen LogP contribution in [0.25, 0.3) is 0 Å². The molecular weight excluding hydrogens is 460 g/mol. The third-order valence-corrected chi connectivity index (χ3v) is 5.89. The van der Waals surface area contributed by atoms with E-state index in [1.165, 1.54) is 5.56 Å². The first-order valence-electron chi connectivity index (χ1n) is 8.76. The Morgan fingerprint density at radius 1 is 1.23 bits per heavy atom. The number of hydrazone groups is 1. The maximum Gasteiger partial charge on any atom is 0.187 e. The summed E-state index contributed by atoms with van der Waals surface area (Å²) in [6.45, 7) is 2.18. The summed E-state index contributed by atoms with van der Waals surface area (Å²) in [4.78, 5) is 0. The van der Waals surface area contributed by atoms with Crippen molar-refractivity contribution in [2.24, 2.45) is 5.10 Å². The minimum absolute atomic E-state index is 0.0364. The molecule has 0 saturated heterocycles. The molecule has 2 heterocycles. The molecule has 0 spiro atoms. The smallest absolute Gasteiger partial charge is 0.187 e. The molecule has 2 aliphatic rings. The van der Waals surface area contributed by atoms with E-state index in [1.807, 2.05) is 18.2 Å². The summed E-state index contributed by atoms with van der Waals surface area (Å²) in [5.74, 6) is 1.80. The van der Waals surface area contributed by atoms with Crippen molar-refractivity contribution < 1.29 is 9.47 Å². The Kier molecular flexibility index (Phi) is 4.97. The van der Waals surface area contributed by atoms with Crippen molar-refractivity contribution in [2.45, 2.75) is 38.5 Å². The van der Waals surface area contributed by atoms with E-state index in [-0.39, 0.29) is 12.3 Å². The van der Waals surface area contributed by atoms with Gasteiger partial charge in [0.2, 0.25) is 0 Å². The Balaban J connectivity index is 1.72. The fourth-order valence-electron chi connectivity index (χ4n) is 3.58. The molecule has 2 aliphatic heterocycles. The van der Waals surface area contributed by atoms with Crippen LogP contribution in [0.5, 0.6) is 11.5 Å². The number of ether oxygens (including phenoxy) is 2. The fourth-order valence-corrected chi connectivity index (χ4v) is 4.94. The highest BCUT2D eigenvalue weighted by Gasteiger charge is 2.40. The Hall–Kier alpha value is -1.53. The number of hydrogen-bond acceptors (Lipinski definition) is 4. The van der Waals surface area contributed by atoms with E-state index in [1.54, 1.807) is 7.11 Å². The van der Waals surface area contributed by atoms with Gasteiger partial charge in [-0.2, -0.15) is 5.10 Å². The van der Waals surface area contributed by atoms with Crippen molar-refractivity contribution in [1.82, 2.24) is 5.01 Å². The second-order valence-electron chi connectivity index (χ2n) is 6.54. The lowest BCUT2D eigenvalue weighted by Gasteiger charge is -2.38. The number of hydrogen-bond donors (Lipinski definition) is 0. The molecular formula is C20H20Br2N2O2.